The molecule has 0 aliphatic carbocycles. The zero-order valence-corrected chi connectivity index (χ0v) is 14.2. The molecule has 1 aromatic heterocycles. The van der Waals surface area contributed by atoms with E-state index in [1.165, 1.54) is 12.1 Å². The van der Waals surface area contributed by atoms with Gasteiger partial charge in [-0.3, -0.25) is 0 Å². The summed E-state index contributed by atoms with van der Waals surface area (Å²) in [7, 11) is 0. The molecule has 2 aromatic carbocycles. The molecule has 5 nitrogen and oxygen atoms in total. The highest BCUT2D eigenvalue weighted by atomic mass is 19.4. The van der Waals surface area contributed by atoms with E-state index >= 15 is 0 Å². The van der Waals surface area contributed by atoms with Crippen molar-refractivity contribution in [2.24, 2.45) is 0 Å². The normalized spacial score (nSPS) is 10.9. The predicted molar refractivity (Wildman–Crippen MR) is 95.9 cm³/mol. The van der Waals surface area contributed by atoms with Crippen molar-refractivity contribution in [3.8, 4) is 6.07 Å². The quantitative estimate of drug-likeness (QED) is 0.664. The second kappa shape index (κ2) is 7.33. The van der Waals surface area contributed by atoms with Gasteiger partial charge < -0.3 is 10.6 Å². The Kier molecular flexibility index (Phi) is 4.94. The summed E-state index contributed by atoms with van der Waals surface area (Å²) in [6.45, 7) is 1.70. The van der Waals surface area contributed by atoms with Gasteiger partial charge in [-0.2, -0.15) is 18.4 Å². The zero-order valence-electron chi connectivity index (χ0n) is 14.2. The number of hydrogen-bond acceptors (Lipinski definition) is 5. The summed E-state index contributed by atoms with van der Waals surface area (Å²) in [6, 6.07) is 15.3. The van der Waals surface area contributed by atoms with Crippen LogP contribution in [-0.2, 0) is 6.18 Å². The maximum atomic E-state index is 12.6. The lowest BCUT2D eigenvalue weighted by Crippen LogP contribution is -2.05. The SMILES string of the molecule is Cc1nc(Nc2ccc(C(F)(F)F)cc2)cc(Nc2cccc(C#N)c2)n1. The third-order valence-corrected chi connectivity index (χ3v) is 3.59. The predicted octanol–water partition coefficient (Wildman–Crippen LogP) is 5.16. The number of nitrogens with one attached hydrogen (secondary N) is 2. The van der Waals surface area contributed by atoms with E-state index < -0.39 is 11.7 Å². The van der Waals surface area contributed by atoms with Crippen LogP contribution in [0.15, 0.2) is 54.6 Å². The smallest absolute Gasteiger partial charge is 0.340 e. The maximum absolute atomic E-state index is 12.6. The second-order valence-corrected chi connectivity index (χ2v) is 5.70. The van der Waals surface area contributed by atoms with Gasteiger partial charge in [0, 0.05) is 17.4 Å². The molecule has 0 aliphatic heterocycles. The summed E-state index contributed by atoms with van der Waals surface area (Å²) in [5, 5.41) is 15.0. The van der Waals surface area contributed by atoms with E-state index in [1.807, 2.05) is 0 Å². The minimum atomic E-state index is -4.38. The third-order valence-electron chi connectivity index (χ3n) is 3.59. The third kappa shape index (κ3) is 4.73. The Morgan fingerprint density at radius 2 is 1.52 bits per heavy atom. The van der Waals surface area contributed by atoms with E-state index in [1.54, 1.807) is 37.3 Å². The topological polar surface area (TPSA) is 73.6 Å². The van der Waals surface area contributed by atoms with Gasteiger partial charge in [0.2, 0.25) is 0 Å². The molecule has 1 heterocycles. The molecular formula is C19H14F3N5. The largest absolute Gasteiger partial charge is 0.416 e. The van der Waals surface area contributed by atoms with Crippen LogP contribution in [0.4, 0.5) is 36.2 Å². The van der Waals surface area contributed by atoms with Gasteiger partial charge in [-0.25, -0.2) is 9.97 Å². The summed E-state index contributed by atoms with van der Waals surface area (Å²) in [4.78, 5) is 8.52. The summed E-state index contributed by atoms with van der Waals surface area (Å²) in [5.74, 6) is 1.40. The van der Waals surface area contributed by atoms with Gasteiger partial charge in [-0.1, -0.05) is 6.07 Å². The molecule has 2 N–H and O–H groups in total. The molecular weight excluding hydrogens is 355 g/mol. The molecule has 0 saturated heterocycles. The van der Waals surface area contributed by atoms with Crippen molar-refractivity contribution in [3.63, 3.8) is 0 Å². The monoisotopic (exact) mass is 369 g/mol. The second-order valence-electron chi connectivity index (χ2n) is 5.70. The van der Waals surface area contributed by atoms with E-state index in [0.717, 1.165) is 12.1 Å². The van der Waals surface area contributed by atoms with Crippen molar-refractivity contribution < 1.29 is 13.2 Å². The standard InChI is InChI=1S/C19H14F3N5/c1-12-24-17(26-15-7-5-14(6-8-15)19(20,21)22)10-18(25-12)27-16-4-2-3-13(9-16)11-23/h2-10H,1H3,(H2,24,25,26,27). The lowest BCUT2D eigenvalue weighted by atomic mass is 10.2. The average molecular weight is 369 g/mol. The number of rotatable bonds is 4. The van der Waals surface area contributed by atoms with Crippen molar-refractivity contribution >= 4 is 23.0 Å². The van der Waals surface area contributed by atoms with Crippen molar-refractivity contribution in [3.05, 3.63) is 71.5 Å². The van der Waals surface area contributed by atoms with Crippen LogP contribution in [0.25, 0.3) is 0 Å². The number of benzene rings is 2. The van der Waals surface area contributed by atoms with Gasteiger partial charge in [0.05, 0.1) is 17.2 Å². The number of halogens is 3. The Bertz CT molecular complexity index is 991. The van der Waals surface area contributed by atoms with Gasteiger partial charge in [0.15, 0.2) is 0 Å². The van der Waals surface area contributed by atoms with E-state index in [9.17, 15) is 13.2 Å². The first-order valence-corrected chi connectivity index (χ1v) is 7.91. The van der Waals surface area contributed by atoms with Gasteiger partial charge in [0.25, 0.3) is 0 Å². The molecule has 3 rings (SSSR count). The van der Waals surface area contributed by atoms with E-state index in [4.69, 9.17) is 5.26 Å². The van der Waals surface area contributed by atoms with Gasteiger partial charge in [0.1, 0.15) is 17.5 Å². The Hall–Kier alpha value is -3.60. The Labute approximate surface area is 153 Å². The summed E-state index contributed by atoms with van der Waals surface area (Å²) >= 11 is 0. The fraction of sp³-hybridized carbons (Fsp3) is 0.105. The molecule has 27 heavy (non-hydrogen) atoms. The minimum Gasteiger partial charge on any atom is -0.340 e. The number of anilines is 4. The lowest BCUT2D eigenvalue weighted by molar-refractivity contribution is -0.137. The zero-order chi connectivity index (χ0) is 19.4. The highest BCUT2D eigenvalue weighted by Gasteiger charge is 2.29. The fourth-order valence-electron chi connectivity index (χ4n) is 2.40. The highest BCUT2D eigenvalue weighted by molar-refractivity contribution is 5.64. The van der Waals surface area contributed by atoms with Crippen LogP contribution in [0.2, 0.25) is 0 Å². The number of nitriles is 1. The van der Waals surface area contributed by atoms with E-state index in [2.05, 4.69) is 26.7 Å². The molecule has 136 valence electrons. The molecule has 0 amide bonds. The molecule has 0 aliphatic rings. The van der Waals surface area contributed by atoms with Crippen LogP contribution in [0.3, 0.4) is 0 Å². The van der Waals surface area contributed by atoms with E-state index in [0.29, 0.717) is 34.4 Å². The van der Waals surface area contributed by atoms with Gasteiger partial charge >= 0.3 is 6.18 Å². The van der Waals surface area contributed by atoms with Crippen LogP contribution in [0.1, 0.15) is 17.0 Å². The molecule has 3 aromatic rings. The van der Waals surface area contributed by atoms with Crippen LogP contribution < -0.4 is 10.6 Å². The molecule has 8 heteroatoms. The number of nitrogens with zero attached hydrogens (tertiary/aromatic N) is 3. The van der Waals surface area contributed by atoms with Crippen LogP contribution in [-0.4, -0.2) is 9.97 Å². The first-order valence-electron chi connectivity index (χ1n) is 7.91. The molecule has 0 atom stereocenters. The van der Waals surface area contributed by atoms with Gasteiger partial charge in [-0.15, -0.1) is 0 Å². The Morgan fingerprint density at radius 3 is 2.11 bits per heavy atom. The van der Waals surface area contributed by atoms with Crippen molar-refractivity contribution in [2.75, 3.05) is 10.6 Å². The molecule has 0 spiro atoms. The van der Waals surface area contributed by atoms with Crippen LogP contribution in [0, 0.1) is 18.3 Å². The summed E-state index contributed by atoms with van der Waals surface area (Å²) < 4.78 is 37.9. The van der Waals surface area contributed by atoms with Crippen molar-refractivity contribution in [1.29, 1.82) is 5.26 Å². The summed E-state index contributed by atoms with van der Waals surface area (Å²) in [6.07, 6.45) is -4.38. The Balaban J connectivity index is 1.80. The average Bonchev–Trinajstić information content (AvgIpc) is 2.61. The minimum absolute atomic E-state index is 0.432. The number of aryl methyl sites for hydroxylation is 1. The lowest BCUT2D eigenvalue weighted by Gasteiger charge is -2.11. The number of aromatic nitrogens is 2. The maximum Gasteiger partial charge on any atom is 0.416 e. The highest BCUT2D eigenvalue weighted by Crippen LogP contribution is 2.30. The molecule has 0 unspecified atom stereocenters. The fourth-order valence-corrected chi connectivity index (χ4v) is 2.40. The first-order chi connectivity index (χ1) is 12.8. The Morgan fingerprint density at radius 1 is 0.889 bits per heavy atom. The molecule has 0 bridgehead atoms. The number of alkyl halides is 3. The van der Waals surface area contributed by atoms with Crippen LogP contribution >= 0.6 is 0 Å². The first kappa shape index (κ1) is 18.2. The van der Waals surface area contributed by atoms with Crippen molar-refractivity contribution in [2.45, 2.75) is 13.1 Å². The number of hydrogen-bond donors (Lipinski definition) is 2. The molecule has 0 fully saturated rings. The van der Waals surface area contributed by atoms with E-state index in [-0.39, 0.29) is 0 Å². The van der Waals surface area contributed by atoms with Gasteiger partial charge in [-0.05, 0) is 49.4 Å². The molecule has 0 saturated carbocycles. The van der Waals surface area contributed by atoms with Crippen molar-refractivity contribution in [1.82, 2.24) is 9.97 Å². The summed E-state index contributed by atoms with van der Waals surface area (Å²) in [5.41, 5.74) is 0.951. The molecule has 0 radical (unpaired) electrons. The van der Waals surface area contributed by atoms with Crippen LogP contribution in [0.5, 0.6) is 0 Å².